The molecule has 2 amide bonds. The summed E-state index contributed by atoms with van der Waals surface area (Å²) in [5.74, 6) is -1.43. The fraction of sp³-hybridized carbons (Fsp3) is 0.471. The van der Waals surface area contributed by atoms with E-state index in [1.165, 1.54) is 11.8 Å². The summed E-state index contributed by atoms with van der Waals surface area (Å²) in [7, 11) is 0. The van der Waals surface area contributed by atoms with Crippen molar-refractivity contribution in [2.75, 3.05) is 6.54 Å². The maximum Gasteiger partial charge on any atom is 0.326 e. The van der Waals surface area contributed by atoms with Crippen LogP contribution in [0.1, 0.15) is 43.4 Å². The zero-order chi connectivity index (χ0) is 17.0. The van der Waals surface area contributed by atoms with Gasteiger partial charge in [-0.2, -0.15) is 0 Å². The Labute approximate surface area is 135 Å². The van der Waals surface area contributed by atoms with Crippen molar-refractivity contribution < 1.29 is 19.5 Å². The molecule has 1 saturated heterocycles. The Kier molecular flexibility index (Phi) is 5.36. The molecule has 23 heavy (non-hydrogen) atoms. The first-order valence-corrected chi connectivity index (χ1v) is 7.74. The summed E-state index contributed by atoms with van der Waals surface area (Å²) in [6.07, 6.45) is 1.24. The van der Waals surface area contributed by atoms with E-state index in [0.29, 0.717) is 19.4 Å². The molecule has 1 unspecified atom stereocenters. The highest BCUT2D eigenvalue weighted by Gasteiger charge is 2.34. The van der Waals surface area contributed by atoms with E-state index < -0.39 is 18.1 Å². The minimum absolute atomic E-state index is 0.0619. The molecule has 0 radical (unpaired) electrons. The Morgan fingerprint density at radius 2 is 1.96 bits per heavy atom. The lowest BCUT2D eigenvalue weighted by Crippen LogP contribution is -2.42. The Hall–Kier alpha value is -2.37. The van der Waals surface area contributed by atoms with Crippen LogP contribution in [-0.4, -0.2) is 40.4 Å². The maximum absolute atomic E-state index is 12.5. The van der Waals surface area contributed by atoms with Gasteiger partial charge >= 0.3 is 5.97 Å². The summed E-state index contributed by atoms with van der Waals surface area (Å²) in [4.78, 5) is 36.6. The predicted molar refractivity (Wildman–Crippen MR) is 84.7 cm³/mol. The van der Waals surface area contributed by atoms with Crippen LogP contribution >= 0.6 is 0 Å². The van der Waals surface area contributed by atoms with Gasteiger partial charge in [-0.3, -0.25) is 9.59 Å². The van der Waals surface area contributed by atoms with E-state index in [2.05, 4.69) is 5.32 Å². The molecule has 1 heterocycles. The molecule has 0 aromatic heterocycles. The molecule has 0 saturated carbocycles. The van der Waals surface area contributed by atoms with E-state index in [1.807, 2.05) is 31.2 Å². The Bertz CT molecular complexity index is 597. The number of aryl methyl sites for hydroxylation is 1. The van der Waals surface area contributed by atoms with Crippen LogP contribution in [0.3, 0.4) is 0 Å². The number of carbonyl (C=O) groups excluding carboxylic acids is 2. The molecule has 1 aliphatic rings. The van der Waals surface area contributed by atoms with Crippen molar-refractivity contribution in [3.8, 4) is 0 Å². The third kappa shape index (κ3) is 4.31. The third-order valence-corrected chi connectivity index (χ3v) is 4.09. The SMILES string of the molecule is CC(=O)NC(CC(=O)N1CCC[C@H]1C(=O)O)c1ccc(C)cc1. The smallest absolute Gasteiger partial charge is 0.326 e. The summed E-state index contributed by atoms with van der Waals surface area (Å²) in [5, 5.41) is 12.0. The molecule has 6 nitrogen and oxygen atoms in total. The van der Waals surface area contributed by atoms with Gasteiger partial charge < -0.3 is 15.3 Å². The van der Waals surface area contributed by atoms with Crippen molar-refractivity contribution >= 4 is 17.8 Å². The number of nitrogens with zero attached hydrogens (tertiary/aromatic N) is 1. The van der Waals surface area contributed by atoms with Gasteiger partial charge in [0, 0.05) is 13.5 Å². The highest BCUT2D eigenvalue weighted by atomic mass is 16.4. The molecule has 1 fully saturated rings. The van der Waals surface area contributed by atoms with Crippen LogP contribution in [0.25, 0.3) is 0 Å². The number of hydrogen-bond donors (Lipinski definition) is 2. The predicted octanol–water partition coefficient (Wildman–Crippen LogP) is 1.64. The minimum atomic E-state index is -0.970. The molecule has 0 aliphatic carbocycles. The lowest BCUT2D eigenvalue weighted by Gasteiger charge is -2.25. The topological polar surface area (TPSA) is 86.7 Å². The molecular weight excluding hydrogens is 296 g/mol. The fourth-order valence-corrected chi connectivity index (χ4v) is 2.91. The third-order valence-electron chi connectivity index (χ3n) is 4.09. The normalized spacial score (nSPS) is 18.5. The number of benzene rings is 1. The van der Waals surface area contributed by atoms with Gasteiger partial charge in [0.05, 0.1) is 12.5 Å². The van der Waals surface area contributed by atoms with Crippen LogP contribution in [0.15, 0.2) is 24.3 Å². The van der Waals surface area contributed by atoms with Gasteiger partial charge in [-0.15, -0.1) is 0 Å². The van der Waals surface area contributed by atoms with Crippen molar-refractivity contribution in [2.24, 2.45) is 0 Å². The standard InChI is InChI=1S/C17H22N2O4/c1-11-5-7-13(8-6-11)14(18-12(2)20)10-16(21)19-9-3-4-15(19)17(22)23/h5-8,14-15H,3-4,9-10H2,1-2H3,(H,18,20)(H,22,23)/t14?,15-/m0/s1. The molecule has 0 bridgehead atoms. The second kappa shape index (κ2) is 7.26. The quantitative estimate of drug-likeness (QED) is 0.864. The molecule has 2 atom stereocenters. The van der Waals surface area contributed by atoms with Gasteiger partial charge in [0.15, 0.2) is 0 Å². The van der Waals surface area contributed by atoms with E-state index in [4.69, 9.17) is 0 Å². The van der Waals surface area contributed by atoms with Crippen LogP contribution in [0.4, 0.5) is 0 Å². The molecule has 1 aliphatic heterocycles. The Balaban J connectivity index is 2.14. The summed E-state index contributed by atoms with van der Waals surface area (Å²) in [6, 6.07) is 6.40. The van der Waals surface area contributed by atoms with Gasteiger partial charge in [0.25, 0.3) is 0 Å². The molecule has 124 valence electrons. The highest BCUT2D eigenvalue weighted by Crippen LogP contribution is 2.23. The maximum atomic E-state index is 12.5. The van der Waals surface area contributed by atoms with Crippen molar-refractivity contribution in [3.05, 3.63) is 35.4 Å². The highest BCUT2D eigenvalue weighted by molar-refractivity contribution is 5.85. The van der Waals surface area contributed by atoms with Gasteiger partial charge in [-0.1, -0.05) is 29.8 Å². The average Bonchev–Trinajstić information content (AvgIpc) is 2.96. The first kappa shape index (κ1) is 17.0. The second-order valence-electron chi connectivity index (χ2n) is 5.95. The molecule has 0 spiro atoms. The van der Waals surface area contributed by atoms with Crippen molar-refractivity contribution in [1.82, 2.24) is 10.2 Å². The minimum Gasteiger partial charge on any atom is -0.480 e. The van der Waals surface area contributed by atoms with E-state index in [-0.39, 0.29) is 18.2 Å². The number of likely N-dealkylation sites (tertiary alicyclic amines) is 1. The first-order valence-electron chi connectivity index (χ1n) is 7.74. The average molecular weight is 318 g/mol. The van der Waals surface area contributed by atoms with Crippen LogP contribution in [0.5, 0.6) is 0 Å². The van der Waals surface area contributed by atoms with E-state index >= 15 is 0 Å². The number of carboxylic acids is 1. The van der Waals surface area contributed by atoms with Crippen molar-refractivity contribution in [1.29, 1.82) is 0 Å². The fourth-order valence-electron chi connectivity index (χ4n) is 2.91. The van der Waals surface area contributed by atoms with E-state index in [9.17, 15) is 19.5 Å². The van der Waals surface area contributed by atoms with Gasteiger partial charge in [0.1, 0.15) is 6.04 Å². The number of amides is 2. The molecule has 6 heteroatoms. The molecular formula is C17H22N2O4. The Morgan fingerprint density at radius 1 is 1.30 bits per heavy atom. The first-order chi connectivity index (χ1) is 10.9. The molecule has 2 rings (SSSR count). The summed E-state index contributed by atoms with van der Waals surface area (Å²) in [5.41, 5.74) is 1.93. The van der Waals surface area contributed by atoms with E-state index in [1.54, 1.807) is 0 Å². The lowest BCUT2D eigenvalue weighted by molar-refractivity contribution is -0.148. The molecule has 2 N–H and O–H groups in total. The largest absolute Gasteiger partial charge is 0.480 e. The molecule has 1 aromatic carbocycles. The van der Waals surface area contributed by atoms with E-state index in [0.717, 1.165) is 11.1 Å². The Morgan fingerprint density at radius 3 is 2.52 bits per heavy atom. The second-order valence-corrected chi connectivity index (χ2v) is 5.95. The van der Waals surface area contributed by atoms with Crippen molar-refractivity contribution in [3.63, 3.8) is 0 Å². The monoisotopic (exact) mass is 318 g/mol. The van der Waals surface area contributed by atoms with Crippen LogP contribution in [0, 0.1) is 6.92 Å². The van der Waals surface area contributed by atoms with Gasteiger partial charge in [-0.25, -0.2) is 4.79 Å². The zero-order valence-corrected chi connectivity index (χ0v) is 13.4. The number of carbonyl (C=O) groups is 3. The van der Waals surface area contributed by atoms with Crippen molar-refractivity contribution in [2.45, 2.75) is 45.2 Å². The van der Waals surface area contributed by atoms with Gasteiger partial charge in [-0.05, 0) is 25.3 Å². The summed E-state index contributed by atoms with van der Waals surface area (Å²) < 4.78 is 0. The number of aliphatic carboxylic acids is 1. The lowest BCUT2D eigenvalue weighted by atomic mass is 10.0. The number of rotatable bonds is 5. The van der Waals surface area contributed by atoms with Crippen LogP contribution in [0.2, 0.25) is 0 Å². The zero-order valence-electron chi connectivity index (χ0n) is 13.4. The summed E-state index contributed by atoms with van der Waals surface area (Å²) >= 11 is 0. The van der Waals surface area contributed by atoms with Crippen LogP contribution in [-0.2, 0) is 14.4 Å². The summed E-state index contributed by atoms with van der Waals surface area (Å²) in [6.45, 7) is 3.82. The number of hydrogen-bond acceptors (Lipinski definition) is 3. The number of carboxylic acid groups (broad SMARTS) is 1. The number of nitrogens with one attached hydrogen (secondary N) is 1. The van der Waals surface area contributed by atoms with Crippen LogP contribution < -0.4 is 5.32 Å². The molecule has 1 aromatic rings. The van der Waals surface area contributed by atoms with Gasteiger partial charge in [0.2, 0.25) is 11.8 Å².